The summed E-state index contributed by atoms with van der Waals surface area (Å²) >= 11 is 0. The van der Waals surface area contributed by atoms with Gasteiger partial charge in [-0.2, -0.15) is 0 Å². The summed E-state index contributed by atoms with van der Waals surface area (Å²) in [5, 5.41) is 5.71. The number of ether oxygens (including phenoxy) is 2. The second-order valence-corrected chi connectivity index (χ2v) is 8.84. The highest BCUT2D eigenvalue weighted by molar-refractivity contribution is 5.92. The number of amides is 1. The molecule has 0 bridgehead atoms. The van der Waals surface area contributed by atoms with Gasteiger partial charge in [0.15, 0.2) is 0 Å². The van der Waals surface area contributed by atoms with Crippen LogP contribution >= 0.6 is 0 Å². The number of nitrogens with one attached hydrogen (secondary N) is 2. The highest BCUT2D eigenvalue weighted by atomic mass is 19.1. The molecule has 0 aromatic rings. The Balaban J connectivity index is 2.53. The van der Waals surface area contributed by atoms with E-state index in [-0.39, 0.29) is 13.0 Å². The van der Waals surface area contributed by atoms with E-state index in [2.05, 4.69) is 10.6 Å². The van der Waals surface area contributed by atoms with Crippen LogP contribution in [0.2, 0.25) is 0 Å². The van der Waals surface area contributed by atoms with Gasteiger partial charge in [-0.25, -0.2) is 14.0 Å². The van der Waals surface area contributed by atoms with Crippen molar-refractivity contribution in [1.82, 2.24) is 10.6 Å². The van der Waals surface area contributed by atoms with Crippen LogP contribution in [0.25, 0.3) is 0 Å². The molecule has 1 aliphatic rings. The van der Waals surface area contributed by atoms with Crippen LogP contribution in [0.4, 0.5) is 9.18 Å². The van der Waals surface area contributed by atoms with Crippen molar-refractivity contribution in [1.29, 1.82) is 0 Å². The lowest BCUT2D eigenvalue weighted by Gasteiger charge is -2.28. The van der Waals surface area contributed by atoms with Gasteiger partial charge in [0.05, 0.1) is 5.57 Å². The van der Waals surface area contributed by atoms with Gasteiger partial charge in [0.25, 0.3) is 0 Å². The largest absolute Gasteiger partial charge is 0.456 e. The van der Waals surface area contributed by atoms with E-state index in [9.17, 15) is 14.0 Å². The molecule has 154 valence electrons. The zero-order chi connectivity index (χ0) is 20.9. The molecule has 0 radical (unpaired) electrons. The van der Waals surface area contributed by atoms with E-state index in [0.29, 0.717) is 24.2 Å². The maximum atomic E-state index is 14.7. The Morgan fingerprint density at radius 2 is 1.70 bits per heavy atom. The zero-order valence-corrected chi connectivity index (χ0v) is 17.5. The quantitative estimate of drug-likeness (QED) is 0.542. The molecule has 1 aliphatic carbocycles. The minimum atomic E-state index is -1.53. The van der Waals surface area contributed by atoms with E-state index >= 15 is 0 Å². The predicted molar refractivity (Wildman–Crippen MR) is 103 cm³/mol. The Morgan fingerprint density at radius 3 is 2.26 bits per heavy atom. The third-order valence-corrected chi connectivity index (χ3v) is 3.62. The molecule has 0 saturated heterocycles. The number of hydrogen-bond acceptors (Lipinski definition) is 5. The number of allylic oxidation sites excluding steroid dienone is 1. The van der Waals surface area contributed by atoms with E-state index in [4.69, 9.17) is 9.47 Å². The van der Waals surface area contributed by atoms with Crippen LogP contribution in [-0.4, -0.2) is 48.6 Å². The van der Waals surface area contributed by atoms with Gasteiger partial charge in [0, 0.05) is 26.1 Å². The predicted octanol–water partition coefficient (Wildman–Crippen LogP) is 3.43. The number of halogens is 1. The molecule has 0 heterocycles. The molecule has 0 aromatic heterocycles. The average Bonchev–Trinajstić information content (AvgIpc) is 2.44. The minimum absolute atomic E-state index is 0.116. The van der Waals surface area contributed by atoms with Crippen molar-refractivity contribution in [3.63, 3.8) is 0 Å². The van der Waals surface area contributed by atoms with Crippen LogP contribution in [0.5, 0.6) is 0 Å². The molecule has 2 N–H and O–H groups in total. The lowest BCUT2D eigenvalue weighted by atomic mass is 9.87. The van der Waals surface area contributed by atoms with Crippen molar-refractivity contribution < 1.29 is 23.5 Å². The molecule has 1 rings (SSSR count). The highest BCUT2D eigenvalue weighted by Gasteiger charge is 2.32. The molecule has 0 aromatic carbocycles. The lowest BCUT2D eigenvalue weighted by Crippen LogP contribution is -2.38. The van der Waals surface area contributed by atoms with Gasteiger partial charge in [-0.1, -0.05) is 6.08 Å². The van der Waals surface area contributed by atoms with Gasteiger partial charge in [0.2, 0.25) is 0 Å². The molecule has 1 unspecified atom stereocenters. The maximum absolute atomic E-state index is 14.7. The fraction of sp³-hybridized carbons (Fsp3) is 0.700. The molecule has 1 amide bonds. The number of alkyl carbamates (subject to hydrolysis) is 1. The van der Waals surface area contributed by atoms with E-state index in [1.54, 1.807) is 53.7 Å². The fourth-order valence-corrected chi connectivity index (χ4v) is 2.33. The van der Waals surface area contributed by atoms with Gasteiger partial charge in [-0.15, -0.1) is 0 Å². The topological polar surface area (TPSA) is 76.7 Å². The Bertz CT molecular complexity index is 610. The average molecular weight is 384 g/mol. The van der Waals surface area contributed by atoms with Gasteiger partial charge < -0.3 is 20.1 Å². The summed E-state index contributed by atoms with van der Waals surface area (Å²) in [5.74, 6) is -0.456. The fourth-order valence-electron chi connectivity index (χ4n) is 2.33. The standard InChI is InChI=1S/C20H33FN2O4/c1-18(2,3)26-16(24)14-8-9-20(7,21)15(12-14)13-22-10-11-23-17(25)27-19(4,5)6/h8,12,22H,9-11,13H2,1-7H3,(H,23,25). The summed E-state index contributed by atoms with van der Waals surface area (Å²) in [5.41, 5.74) is -1.84. The molecule has 7 heteroatoms. The molecule has 0 saturated carbocycles. The van der Waals surface area contributed by atoms with Crippen LogP contribution < -0.4 is 10.6 Å². The monoisotopic (exact) mass is 384 g/mol. The SMILES string of the molecule is CC(C)(C)OC(=O)NCCNCC1=CC(C(=O)OC(C)(C)C)=CCC1(C)F. The van der Waals surface area contributed by atoms with Gasteiger partial charge >= 0.3 is 12.1 Å². The lowest BCUT2D eigenvalue weighted by molar-refractivity contribution is -0.149. The van der Waals surface area contributed by atoms with Crippen LogP contribution in [-0.2, 0) is 14.3 Å². The Kier molecular flexibility index (Phi) is 7.60. The molecule has 1 atom stereocenters. The number of hydrogen-bond donors (Lipinski definition) is 2. The van der Waals surface area contributed by atoms with E-state index < -0.39 is 28.9 Å². The van der Waals surface area contributed by atoms with Crippen LogP contribution in [0.3, 0.4) is 0 Å². The van der Waals surface area contributed by atoms with Crippen molar-refractivity contribution in [2.75, 3.05) is 19.6 Å². The Morgan fingerprint density at radius 1 is 1.11 bits per heavy atom. The first-order valence-corrected chi connectivity index (χ1v) is 9.21. The molecule has 27 heavy (non-hydrogen) atoms. The van der Waals surface area contributed by atoms with Crippen molar-refractivity contribution >= 4 is 12.1 Å². The van der Waals surface area contributed by atoms with Gasteiger partial charge in [-0.05, 0) is 60.1 Å². The van der Waals surface area contributed by atoms with Crippen molar-refractivity contribution in [3.8, 4) is 0 Å². The summed E-state index contributed by atoms with van der Waals surface area (Å²) in [6, 6.07) is 0. The van der Waals surface area contributed by atoms with E-state index in [1.165, 1.54) is 6.92 Å². The molecule has 0 spiro atoms. The van der Waals surface area contributed by atoms with Crippen molar-refractivity contribution in [2.45, 2.75) is 71.8 Å². The summed E-state index contributed by atoms with van der Waals surface area (Å²) < 4.78 is 25.2. The first-order chi connectivity index (χ1) is 12.2. The third kappa shape index (κ3) is 9.04. The molecular formula is C20H33FN2O4. The highest BCUT2D eigenvalue weighted by Crippen LogP contribution is 2.32. The van der Waals surface area contributed by atoms with E-state index in [1.807, 2.05) is 0 Å². The number of alkyl halides is 1. The third-order valence-electron chi connectivity index (χ3n) is 3.62. The summed E-state index contributed by atoms with van der Waals surface area (Å²) in [7, 11) is 0. The van der Waals surface area contributed by atoms with Crippen molar-refractivity contribution in [2.24, 2.45) is 0 Å². The normalized spacial score (nSPS) is 20.4. The van der Waals surface area contributed by atoms with Gasteiger partial charge in [0.1, 0.15) is 16.9 Å². The minimum Gasteiger partial charge on any atom is -0.456 e. The zero-order valence-electron chi connectivity index (χ0n) is 17.5. The number of esters is 1. The molecule has 0 aliphatic heterocycles. The number of rotatable bonds is 6. The molecular weight excluding hydrogens is 351 g/mol. The van der Waals surface area contributed by atoms with Crippen LogP contribution in [0, 0.1) is 0 Å². The first-order valence-electron chi connectivity index (χ1n) is 9.21. The molecule has 6 nitrogen and oxygen atoms in total. The second kappa shape index (κ2) is 8.87. The Hall–Kier alpha value is -1.89. The molecule has 0 fully saturated rings. The van der Waals surface area contributed by atoms with Crippen LogP contribution in [0.15, 0.2) is 23.3 Å². The number of carbonyl (C=O) groups excluding carboxylic acids is 2. The Labute approximate surface area is 161 Å². The maximum Gasteiger partial charge on any atom is 0.407 e. The first kappa shape index (κ1) is 23.1. The smallest absolute Gasteiger partial charge is 0.407 e. The summed E-state index contributed by atoms with van der Waals surface area (Å²) in [6.07, 6.45) is 2.74. The number of carbonyl (C=O) groups is 2. The summed E-state index contributed by atoms with van der Waals surface area (Å²) in [4.78, 5) is 23.8. The second-order valence-electron chi connectivity index (χ2n) is 8.84. The van der Waals surface area contributed by atoms with E-state index in [0.717, 1.165) is 0 Å². The summed E-state index contributed by atoms with van der Waals surface area (Å²) in [6.45, 7) is 13.3. The van der Waals surface area contributed by atoms with Crippen molar-refractivity contribution in [3.05, 3.63) is 23.3 Å². The van der Waals surface area contributed by atoms with Gasteiger partial charge in [-0.3, -0.25) is 0 Å². The van der Waals surface area contributed by atoms with Crippen LogP contribution in [0.1, 0.15) is 54.9 Å².